The standard InChI is InChI=1S/C14H16IN/c1-15-9-10-16-14-7-3-2-5-12-11-13(12)6-4-8-14/h2-5,7-9,11,16H,6,10H2,1H3/b3-2-,8-4-,12-5?,14-7+. The second-order valence-corrected chi connectivity index (χ2v) is 5.78. The molecule has 0 aromatic rings. The minimum Gasteiger partial charge on any atom is -0.381 e. The molecule has 1 N–H and O–H groups in total. The van der Waals surface area contributed by atoms with E-state index in [1.165, 1.54) is 16.8 Å². The van der Waals surface area contributed by atoms with Crippen LogP contribution in [-0.4, -0.2) is 15.5 Å². The summed E-state index contributed by atoms with van der Waals surface area (Å²) in [4.78, 5) is 2.27. The number of fused-ring (bicyclic) bond motifs is 1. The Labute approximate surface area is 107 Å². The number of halogens is 1. The van der Waals surface area contributed by atoms with Gasteiger partial charge in [0.15, 0.2) is 0 Å². The van der Waals surface area contributed by atoms with Crippen LogP contribution in [0, 0.1) is 0 Å². The molecule has 0 atom stereocenters. The van der Waals surface area contributed by atoms with Crippen LogP contribution in [0.3, 0.4) is 0 Å². The van der Waals surface area contributed by atoms with Crippen molar-refractivity contribution in [2.75, 3.05) is 11.5 Å². The third-order valence-corrected chi connectivity index (χ3v) is 3.77. The van der Waals surface area contributed by atoms with E-state index >= 15 is 0 Å². The monoisotopic (exact) mass is 325 g/mol. The van der Waals surface area contributed by atoms with Crippen molar-refractivity contribution in [2.45, 2.75) is 6.42 Å². The summed E-state index contributed by atoms with van der Waals surface area (Å²) in [6, 6.07) is 0. The molecule has 0 radical (unpaired) electrons. The molecule has 0 saturated carbocycles. The van der Waals surface area contributed by atoms with E-state index in [4.69, 9.17) is 0 Å². The molecule has 16 heavy (non-hydrogen) atoms. The average molecular weight is 325 g/mol. The van der Waals surface area contributed by atoms with Crippen LogP contribution in [0.5, 0.6) is 0 Å². The first-order valence-corrected chi connectivity index (χ1v) is 8.80. The number of allylic oxidation sites excluding steroid dienone is 9. The molecule has 1 nitrogen and oxygen atoms in total. The fourth-order valence-corrected chi connectivity index (χ4v) is 2.18. The maximum atomic E-state index is 3.42. The molecule has 0 unspecified atom stereocenters. The summed E-state index contributed by atoms with van der Waals surface area (Å²) in [5.41, 5.74) is 4.06. The highest BCUT2D eigenvalue weighted by Crippen LogP contribution is 2.31. The summed E-state index contributed by atoms with van der Waals surface area (Å²) in [6.45, 7) is 0.984. The summed E-state index contributed by atoms with van der Waals surface area (Å²) < 4.78 is 2.34. The lowest BCUT2D eigenvalue weighted by Crippen LogP contribution is -2.13. The zero-order valence-corrected chi connectivity index (χ0v) is 11.6. The predicted molar refractivity (Wildman–Crippen MR) is 81.2 cm³/mol. The third kappa shape index (κ3) is 3.59. The Balaban J connectivity index is 1.99. The molecule has 0 amide bonds. The second-order valence-electron chi connectivity index (χ2n) is 3.66. The Morgan fingerprint density at radius 1 is 1.38 bits per heavy atom. The van der Waals surface area contributed by atoms with E-state index in [0.717, 1.165) is 13.0 Å². The van der Waals surface area contributed by atoms with Gasteiger partial charge in [-0.05, 0) is 38.7 Å². The molecular weight excluding hydrogens is 309 g/mol. The highest BCUT2D eigenvalue weighted by molar-refractivity contribution is 14.2. The second kappa shape index (κ2) is 5.99. The maximum Gasteiger partial charge on any atom is 0.0383 e. The lowest BCUT2D eigenvalue weighted by Gasteiger charge is -2.03. The van der Waals surface area contributed by atoms with Crippen LogP contribution < -0.4 is 5.32 Å². The van der Waals surface area contributed by atoms with E-state index in [2.05, 4.69) is 56.8 Å². The molecule has 0 saturated heterocycles. The number of hydrogen-bond acceptors (Lipinski definition) is 1. The van der Waals surface area contributed by atoms with Crippen molar-refractivity contribution >= 4 is 24.7 Å². The van der Waals surface area contributed by atoms with Gasteiger partial charge in [0, 0.05) is 12.2 Å². The van der Waals surface area contributed by atoms with E-state index in [1.54, 1.807) is 0 Å². The highest BCUT2D eigenvalue weighted by Gasteiger charge is 2.12. The molecule has 2 aliphatic carbocycles. The first kappa shape index (κ1) is 11.6. The summed E-state index contributed by atoms with van der Waals surface area (Å²) in [7, 11) is 0. The first-order chi connectivity index (χ1) is 7.90. The third-order valence-electron chi connectivity index (χ3n) is 2.45. The van der Waals surface area contributed by atoms with Crippen molar-refractivity contribution in [2.24, 2.45) is 0 Å². The van der Waals surface area contributed by atoms with Gasteiger partial charge < -0.3 is 5.32 Å². The van der Waals surface area contributed by atoms with E-state index in [-0.39, 0.29) is 20.7 Å². The Bertz CT molecular complexity index is 434. The van der Waals surface area contributed by atoms with Crippen molar-refractivity contribution in [3.63, 3.8) is 0 Å². The summed E-state index contributed by atoms with van der Waals surface area (Å²) in [6.07, 6.45) is 16.2. The van der Waals surface area contributed by atoms with Crippen LogP contribution >= 0.6 is 20.7 Å². The molecule has 0 fully saturated rings. The lowest BCUT2D eigenvalue weighted by molar-refractivity contribution is 0.977. The Kier molecular flexibility index (Phi) is 4.34. The van der Waals surface area contributed by atoms with Gasteiger partial charge in [0.1, 0.15) is 0 Å². The van der Waals surface area contributed by atoms with E-state index in [0.29, 0.717) is 0 Å². The molecular formula is C14H16IN. The molecule has 2 heteroatoms. The number of hydrogen-bond donors (Lipinski definition) is 1. The maximum absolute atomic E-state index is 3.42. The van der Waals surface area contributed by atoms with Crippen LogP contribution in [0.25, 0.3) is 0 Å². The molecule has 2 aliphatic rings. The van der Waals surface area contributed by atoms with E-state index < -0.39 is 0 Å². The highest BCUT2D eigenvalue weighted by atomic mass is 127. The largest absolute Gasteiger partial charge is 0.381 e. The zero-order valence-electron chi connectivity index (χ0n) is 9.41. The van der Waals surface area contributed by atoms with Gasteiger partial charge in [0.25, 0.3) is 0 Å². The Morgan fingerprint density at radius 2 is 2.25 bits per heavy atom. The van der Waals surface area contributed by atoms with Crippen LogP contribution in [0.15, 0.2) is 59.4 Å². The van der Waals surface area contributed by atoms with Crippen molar-refractivity contribution in [1.82, 2.24) is 5.32 Å². The van der Waals surface area contributed by atoms with Gasteiger partial charge >= 0.3 is 0 Å². The van der Waals surface area contributed by atoms with Gasteiger partial charge in [0.2, 0.25) is 0 Å². The molecule has 0 spiro atoms. The van der Waals surface area contributed by atoms with Crippen LogP contribution in [0.1, 0.15) is 6.42 Å². The normalized spacial score (nSPS) is 26.4. The van der Waals surface area contributed by atoms with Gasteiger partial charge in [-0.2, -0.15) is 0 Å². The number of rotatable bonds is 3. The van der Waals surface area contributed by atoms with Crippen molar-refractivity contribution < 1.29 is 0 Å². The van der Waals surface area contributed by atoms with Gasteiger partial charge in [-0.3, -0.25) is 0 Å². The number of nitrogens with one attached hydrogen (secondary N) is 1. The van der Waals surface area contributed by atoms with Crippen LogP contribution in [-0.2, 0) is 0 Å². The van der Waals surface area contributed by atoms with Gasteiger partial charge in [-0.25, -0.2) is 0 Å². The average Bonchev–Trinajstić information content (AvgIpc) is 3.03. The minimum absolute atomic E-state index is 0.280. The molecule has 84 valence electrons. The minimum atomic E-state index is 0.280. The lowest BCUT2D eigenvalue weighted by atomic mass is 10.2. The summed E-state index contributed by atoms with van der Waals surface area (Å²) >= 11 is 0.280. The Morgan fingerprint density at radius 3 is 3.12 bits per heavy atom. The van der Waals surface area contributed by atoms with Gasteiger partial charge in [0.05, 0.1) is 0 Å². The first-order valence-electron chi connectivity index (χ1n) is 5.40. The topological polar surface area (TPSA) is 12.0 Å². The fraction of sp³-hybridized carbons (Fsp3) is 0.214. The molecule has 2 rings (SSSR count). The summed E-state index contributed by atoms with van der Waals surface area (Å²) in [5.74, 6) is 0. The van der Waals surface area contributed by atoms with Gasteiger partial charge in [-0.15, -0.1) is 20.7 Å². The quantitative estimate of drug-likeness (QED) is 0.620. The van der Waals surface area contributed by atoms with Crippen LogP contribution in [0.4, 0.5) is 0 Å². The number of alkyl halides is 1. The SMILES string of the molecule is CI=CCNC1=C/C=C\C=C2C=C2C/C=C\1. The molecule has 0 bridgehead atoms. The fourth-order valence-electron chi connectivity index (χ4n) is 1.52. The predicted octanol–water partition coefficient (Wildman–Crippen LogP) is 3.25. The van der Waals surface area contributed by atoms with E-state index in [9.17, 15) is 0 Å². The zero-order chi connectivity index (χ0) is 11.2. The van der Waals surface area contributed by atoms with Crippen molar-refractivity contribution in [3.05, 3.63) is 59.4 Å². The van der Waals surface area contributed by atoms with E-state index in [1.807, 2.05) is 0 Å². The molecule has 0 aliphatic heterocycles. The van der Waals surface area contributed by atoms with Crippen molar-refractivity contribution in [1.29, 1.82) is 0 Å². The molecule has 0 aromatic carbocycles. The smallest absolute Gasteiger partial charge is 0.0383 e. The van der Waals surface area contributed by atoms with Crippen LogP contribution in [0.2, 0.25) is 0 Å². The molecule has 0 heterocycles. The summed E-state index contributed by atoms with van der Waals surface area (Å²) in [5, 5.41) is 3.42. The molecule has 0 aromatic heterocycles. The van der Waals surface area contributed by atoms with Crippen molar-refractivity contribution in [3.8, 4) is 0 Å². The van der Waals surface area contributed by atoms with Gasteiger partial charge in [-0.1, -0.05) is 30.4 Å². The Hall–Kier alpha value is -0.900.